The number of carbonyl (C=O) groups is 1. The highest BCUT2D eigenvalue weighted by Crippen LogP contribution is 2.11. The fourth-order valence-electron chi connectivity index (χ4n) is 1.97. The number of hydrogen-bond acceptors (Lipinski definition) is 3. The first-order valence-corrected chi connectivity index (χ1v) is 6.55. The average molecular weight is 265 g/mol. The van der Waals surface area contributed by atoms with Gasteiger partial charge in [-0.25, -0.2) is 0 Å². The van der Waals surface area contributed by atoms with Gasteiger partial charge >= 0.3 is 5.97 Å². The molecule has 0 aliphatic carbocycles. The van der Waals surface area contributed by atoms with E-state index in [0.29, 0.717) is 19.1 Å². The Morgan fingerprint density at radius 3 is 2.47 bits per heavy atom. The zero-order chi connectivity index (χ0) is 14.3. The van der Waals surface area contributed by atoms with E-state index in [4.69, 9.17) is 9.84 Å². The number of aliphatic carboxylic acids is 1. The Morgan fingerprint density at radius 1 is 1.32 bits per heavy atom. The van der Waals surface area contributed by atoms with Gasteiger partial charge in [0.15, 0.2) is 0 Å². The van der Waals surface area contributed by atoms with E-state index in [0.717, 1.165) is 11.1 Å². The molecule has 0 amide bonds. The van der Waals surface area contributed by atoms with Gasteiger partial charge in [-0.1, -0.05) is 38.1 Å². The minimum atomic E-state index is -0.801. The molecule has 4 heteroatoms. The highest BCUT2D eigenvalue weighted by atomic mass is 16.5. The van der Waals surface area contributed by atoms with Crippen LogP contribution < -0.4 is 5.32 Å². The molecule has 106 valence electrons. The van der Waals surface area contributed by atoms with Crippen molar-refractivity contribution in [3.8, 4) is 0 Å². The van der Waals surface area contributed by atoms with Gasteiger partial charge in [0.25, 0.3) is 0 Å². The maximum atomic E-state index is 10.8. The Labute approximate surface area is 114 Å². The maximum absolute atomic E-state index is 10.8. The summed E-state index contributed by atoms with van der Waals surface area (Å²) in [7, 11) is 1.69. The van der Waals surface area contributed by atoms with Gasteiger partial charge in [0, 0.05) is 19.7 Å². The standard InChI is InChI=1S/C15H23NO3/c1-11(2)14(10-19-3)16-9-13-7-5-4-6-12(13)8-15(17)18/h4-7,11,14,16H,8-10H2,1-3H3,(H,17,18). The van der Waals surface area contributed by atoms with Crippen molar-refractivity contribution in [1.82, 2.24) is 5.32 Å². The molecule has 0 aliphatic rings. The molecular weight excluding hydrogens is 242 g/mol. The van der Waals surface area contributed by atoms with Gasteiger partial charge in [-0.3, -0.25) is 4.79 Å². The van der Waals surface area contributed by atoms with Crippen LogP contribution >= 0.6 is 0 Å². The molecule has 0 saturated heterocycles. The second-order valence-corrected chi connectivity index (χ2v) is 5.03. The molecule has 19 heavy (non-hydrogen) atoms. The molecule has 0 spiro atoms. The van der Waals surface area contributed by atoms with Crippen LogP contribution in [0.3, 0.4) is 0 Å². The number of benzene rings is 1. The Morgan fingerprint density at radius 2 is 1.95 bits per heavy atom. The van der Waals surface area contributed by atoms with Crippen LogP contribution in [-0.4, -0.2) is 30.8 Å². The first kappa shape index (κ1) is 15.7. The number of rotatable bonds is 8. The molecular formula is C15H23NO3. The molecule has 1 aromatic rings. The van der Waals surface area contributed by atoms with Crippen molar-refractivity contribution in [3.05, 3.63) is 35.4 Å². The number of methoxy groups -OCH3 is 1. The molecule has 0 heterocycles. The molecule has 2 N–H and O–H groups in total. The van der Waals surface area contributed by atoms with Crippen LogP contribution in [0.5, 0.6) is 0 Å². The van der Waals surface area contributed by atoms with Crippen molar-refractivity contribution in [2.45, 2.75) is 32.9 Å². The van der Waals surface area contributed by atoms with Crippen molar-refractivity contribution in [2.24, 2.45) is 5.92 Å². The summed E-state index contributed by atoms with van der Waals surface area (Å²) in [6.07, 6.45) is 0.0640. The first-order valence-electron chi connectivity index (χ1n) is 6.55. The maximum Gasteiger partial charge on any atom is 0.307 e. The van der Waals surface area contributed by atoms with Crippen molar-refractivity contribution >= 4 is 5.97 Å². The van der Waals surface area contributed by atoms with Crippen LogP contribution in [-0.2, 0) is 22.5 Å². The molecule has 1 atom stereocenters. The second kappa shape index (κ2) is 7.92. The Kier molecular flexibility index (Phi) is 6.53. The van der Waals surface area contributed by atoms with Crippen LogP contribution in [0.2, 0.25) is 0 Å². The zero-order valence-electron chi connectivity index (χ0n) is 11.8. The predicted molar refractivity (Wildman–Crippen MR) is 75.1 cm³/mol. The second-order valence-electron chi connectivity index (χ2n) is 5.03. The lowest BCUT2D eigenvalue weighted by molar-refractivity contribution is -0.136. The largest absolute Gasteiger partial charge is 0.481 e. The number of carboxylic acids is 1. The minimum Gasteiger partial charge on any atom is -0.481 e. The van der Waals surface area contributed by atoms with Crippen LogP contribution in [0.1, 0.15) is 25.0 Å². The fraction of sp³-hybridized carbons (Fsp3) is 0.533. The van der Waals surface area contributed by atoms with Gasteiger partial charge < -0.3 is 15.2 Å². The third-order valence-electron chi connectivity index (χ3n) is 3.17. The summed E-state index contributed by atoms with van der Waals surface area (Å²) in [5, 5.41) is 12.3. The average Bonchev–Trinajstić information content (AvgIpc) is 2.35. The van der Waals surface area contributed by atoms with Crippen molar-refractivity contribution in [3.63, 3.8) is 0 Å². The molecule has 1 aromatic carbocycles. The highest BCUT2D eigenvalue weighted by Gasteiger charge is 2.13. The molecule has 0 radical (unpaired) electrons. The summed E-state index contributed by atoms with van der Waals surface area (Å²) in [5.74, 6) is -0.337. The summed E-state index contributed by atoms with van der Waals surface area (Å²) in [6.45, 7) is 5.59. The van der Waals surface area contributed by atoms with Crippen molar-refractivity contribution in [1.29, 1.82) is 0 Å². The van der Waals surface area contributed by atoms with Crippen molar-refractivity contribution in [2.75, 3.05) is 13.7 Å². The fourth-order valence-corrected chi connectivity index (χ4v) is 1.97. The van der Waals surface area contributed by atoms with Crippen LogP contribution in [0.4, 0.5) is 0 Å². The van der Waals surface area contributed by atoms with Crippen LogP contribution in [0.25, 0.3) is 0 Å². The third kappa shape index (κ3) is 5.41. The summed E-state index contributed by atoms with van der Waals surface area (Å²) < 4.78 is 5.19. The quantitative estimate of drug-likeness (QED) is 0.755. The van der Waals surface area contributed by atoms with Gasteiger partial charge in [0.1, 0.15) is 0 Å². The summed E-state index contributed by atoms with van der Waals surface area (Å²) in [4.78, 5) is 10.8. The van der Waals surface area contributed by atoms with E-state index in [1.54, 1.807) is 7.11 Å². The Hall–Kier alpha value is -1.39. The minimum absolute atomic E-state index is 0.0640. The summed E-state index contributed by atoms with van der Waals surface area (Å²) >= 11 is 0. The van der Waals surface area contributed by atoms with Gasteiger partial charge in [0.2, 0.25) is 0 Å². The molecule has 1 unspecified atom stereocenters. The normalized spacial score (nSPS) is 12.6. The number of hydrogen-bond donors (Lipinski definition) is 2. The first-order chi connectivity index (χ1) is 9.04. The lowest BCUT2D eigenvalue weighted by Crippen LogP contribution is -2.37. The van der Waals surface area contributed by atoms with E-state index in [1.165, 1.54) is 0 Å². The van der Waals surface area contributed by atoms with Crippen LogP contribution in [0, 0.1) is 5.92 Å². The molecule has 0 bridgehead atoms. The molecule has 0 aliphatic heterocycles. The molecule has 0 saturated carbocycles. The van der Waals surface area contributed by atoms with E-state index < -0.39 is 5.97 Å². The summed E-state index contributed by atoms with van der Waals surface area (Å²) in [5.41, 5.74) is 1.90. The number of ether oxygens (including phenoxy) is 1. The van der Waals surface area contributed by atoms with Crippen LogP contribution in [0.15, 0.2) is 24.3 Å². The van der Waals surface area contributed by atoms with E-state index >= 15 is 0 Å². The topological polar surface area (TPSA) is 58.6 Å². The zero-order valence-corrected chi connectivity index (χ0v) is 11.8. The third-order valence-corrected chi connectivity index (χ3v) is 3.17. The predicted octanol–water partition coefficient (Wildman–Crippen LogP) is 2.07. The molecule has 1 rings (SSSR count). The molecule has 0 fully saturated rings. The molecule has 0 aromatic heterocycles. The smallest absolute Gasteiger partial charge is 0.307 e. The lowest BCUT2D eigenvalue weighted by atomic mass is 10.0. The molecule has 4 nitrogen and oxygen atoms in total. The van der Waals surface area contributed by atoms with Crippen molar-refractivity contribution < 1.29 is 14.6 Å². The monoisotopic (exact) mass is 265 g/mol. The van der Waals surface area contributed by atoms with E-state index in [2.05, 4.69) is 19.2 Å². The Balaban J connectivity index is 2.68. The lowest BCUT2D eigenvalue weighted by Gasteiger charge is -2.22. The van der Waals surface area contributed by atoms with Gasteiger partial charge in [0.05, 0.1) is 13.0 Å². The number of carboxylic acid groups (broad SMARTS) is 1. The number of nitrogens with one attached hydrogen (secondary N) is 1. The SMILES string of the molecule is COCC(NCc1ccccc1CC(=O)O)C(C)C. The highest BCUT2D eigenvalue weighted by molar-refractivity contribution is 5.70. The van der Waals surface area contributed by atoms with E-state index in [-0.39, 0.29) is 12.5 Å². The van der Waals surface area contributed by atoms with Gasteiger partial charge in [-0.05, 0) is 17.0 Å². The summed E-state index contributed by atoms with van der Waals surface area (Å²) in [6, 6.07) is 7.91. The Bertz CT molecular complexity index is 404. The van der Waals surface area contributed by atoms with E-state index in [1.807, 2.05) is 24.3 Å². The van der Waals surface area contributed by atoms with E-state index in [9.17, 15) is 4.79 Å². The van der Waals surface area contributed by atoms with Gasteiger partial charge in [-0.2, -0.15) is 0 Å². The van der Waals surface area contributed by atoms with Gasteiger partial charge in [-0.15, -0.1) is 0 Å².